The maximum atomic E-state index is 5.10. The van der Waals surface area contributed by atoms with Crippen molar-refractivity contribution in [2.24, 2.45) is 5.92 Å². The van der Waals surface area contributed by atoms with Crippen molar-refractivity contribution in [3.8, 4) is 0 Å². The molecule has 1 fully saturated rings. The van der Waals surface area contributed by atoms with Gasteiger partial charge in [0, 0.05) is 12.6 Å². The molecule has 0 radical (unpaired) electrons. The zero-order chi connectivity index (χ0) is 12.5. The quantitative estimate of drug-likeness (QED) is 0.520. The summed E-state index contributed by atoms with van der Waals surface area (Å²) in [6.45, 7) is 13.7. The van der Waals surface area contributed by atoms with Crippen molar-refractivity contribution in [3.05, 3.63) is 12.8 Å². The van der Waals surface area contributed by atoms with Crippen molar-refractivity contribution < 1.29 is 4.74 Å². The van der Waals surface area contributed by atoms with Crippen molar-refractivity contribution in [3.63, 3.8) is 0 Å². The Bertz CT molecular complexity index is 198. The van der Waals surface area contributed by atoms with Gasteiger partial charge >= 0.3 is 0 Å². The molecule has 0 amide bonds. The number of hydrogen-bond donors (Lipinski definition) is 1. The number of ether oxygens (including phenoxy) is 1. The predicted molar refractivity (Wildman–Crippen MR) is 73.1 cm³/mol. The van der Waals surface area contributed by atoms with Gasteiger partial charge < -0.3 is 15.0 Å². The van der Waals surface area contributed by atoms with Gasteiger partial charge in [-0.1, -0.05) is 20.4 Å². The minimum atomic E-state index is 0.710. The number of likely N-dealkylation sites (tertiary alicyclic amines) is 1. The first kappa shape index (κ1) is 14.5. The fraction of sp³-hybridized carbons (Fsp3) is 0.857. The number of rotatable bonds is 8. The van der Waals surface area contributed by atoms with Crippen LogP contribution in [0.25, 0.3) is 0 Å². The van der Waals surface area contributed by atoms with Crippen molar-refractivity contribution in [1.82, 2.24) is 10.2 Å². The highest BCUT2D eigenvalue weighted by molar-refractivity contribution is 4.77. The van der Waals surface area contributed by atoms with E-state index in [0.717, 1.165) is 25.5 Å². The summed E-state index contributed by atoms with van der Waals surface area (Å²) in [6, 6.07) is 0.710. The van der Waals surface area contributed by atoms with Crippen LogP contribution in [0.5, 0.6) is 0 Å². The first-order valence-corrected chi connectivity index (χ1v) is 6.90. The normalized spacial score (nSPS) is 18.5. The molecule has 3 heteroatoms. The van der Waals surface area contributed by atoms with Gasteiger partial charge in [-0.3, -0.25) is 0 Å². The maximum Gasteiger partial charge on any atom is 0.0885 e. The summed E-state index contributed by atoms with van der Waals surface area (Å²) >= 11 is 0. The van der Waals surface area contributed by atoms with Crippen LogP contribution in [0.3, 0.4) is 0 Å². The van der Waals surface area contributed by atoms with Gasteiger partial charge in [0.05, 0.1) is 12.9 Å². The molecule has 17 heavy (non-hydrogen) atoms. The van der Waals surface area contributed by atoms with E-state index in [1.165, 1.54) is 38.7 Å². The molecule has 1 rings (SSSR count). The van der Waals surface area contributed by atoms with Crippen LogP contribution < -0.4 is 5.32 Å². The van der Waals surface area contributed by atoms with Gasteiger partial charge in [0.25, 0.3) is 0 Å². The molecule has 0 bridgehead atoms. The van der Waals surface area contributed by atoms with Crippen LogP contribution in [0.15, 0.2) is 12.8 Å². The maximum absolute atomic E-state index is 5.10. The van der Waals surface area contributed by atoms with Crippen molar-refractivity contribution in [1.29, 1.82) is 0 Å². The largest absolute Gasteiger partial charge is 0.502 e. The second-order valence-electron chi connectivity index (χ2n) is 5.31. The highest BCUT2D eigenvalue weighted by atomic mass is 16.5. The highest BCUT2D eigenvalue weighted by Gasteiger charge is 2.18. The zero-order valence-electron chi connectivity index (χ0n) is 11.5. The van der Waals surface area contributed by atoms with E-state index in [4.69, 9.17) is 4.74 Å². The Labute approximate surface area is 106 Å². The molecule has 0 spiro atoms. The molecule has 1 aliphatic heterocycles. The molecule has 0 aromatic heterocycles. The Morgan fingerprint density at radius 3 is 2.71 bits per heavy atom. The smallest absolute Gasteiger partial charge is 0.0885 e. The summed E-state index contributed by atoms with van der Waals surface area (Å²) in [4.78, 5) is 2.59. The summed E-state index contributed by atoms with van der Waals surface area (Å²) in [7, 11) is 0. The Morgan fingerprint density at radius 2 is 2.12 bits per heavy atom. The molecule has 1 N–H and O–H groups in total. The van der Waals surface area contributed by atoms with Gasteiger partial charge in [-0.2, -0.15) is 0 Å². The molecule has 100 valence electrons. The van der Waals surface area contributed by atoms with E-state index in [0.29, 0.717) is 6.04 Å². The molecule has 0 saturated carbocycles. The Hall–Kier alpha value is -0.540. The lowest BCUT2D eigenvalue weighted by atomic mass is 10.0. The molecule has 0 aromatic carbocycles. The number of hydrogen-bond acceptors (Lipinski definition) is 3. The third kappa shape index (κ3) is 6.69. The van der Waals surface area contributed by atoms with E-state index in [1.807, 2.05) is 0 Å². The minimum Gasteiger partial charge on any atom is -0.502 e. The first-order chi connectivity index (χ1) is 8.22. The van der Waals surface area contributed by atoms with Gasteiger partial charge in [0.2, 0.25) is 0 Å². The Morgan fingerprint density at radius 1 is 1.41 bits per heavy atom. The third-order valence-corrected chi connectivity index (χ3v) is 3.20. The van der Waals surface area contributed by atoms with Crippen LogP contribution >= 0.6 is 0 Å². The van der Waals surface area contributed by atoms with Crippen LogP contribution in [-0.4, -0.2) is 43.7 Å². The predicted octanol–water partition coefficient (Wildman–Crippen LogP) is 2.25. The second kappa shape index (κ2) is 8.54. The fourth-order valence-corrected chi connectivity index (χ4v) is 2.38. The molecule has 1 aliphatic rings. The summed E-state index contributed by atoms with van der Waals surface area (Å²) in [5, 5.41) is 3.61. The van der Waals surface area contributed by atoms with E-state index in [1.54, 1.807) is 0 Å². The molecule has 1 heterocycles. The van der Waals surface area contributed by atoms with Crippen LogP contribution in [0.4, 0.5) is 0 Å². The van der Waals surface area contributed by atoms with E-state index in [-0.39, 0.29) is 0 Å². The standard InChI is InChI=1S/C14H28N2O/c1-4-17-11-5-8-15-14-6-9-16(10-7-14)12-13(2)3/h4,13-15H,1,5-12H2,2-3H3. The van der Waals surface area contributed by atoms with Crippen molar-refractivity contribution in [2.75, 3.05) is 32.8 Å². The second-order valence-corrected chi connectivity index (χ2v) is 5.31. The van der Waals surface area contributed by atoms with E-state index < -0.39 is 0 Å². The van der Waals surface area contributed by atoms with Crippen LogP contribution in [0, 0.1) is 5.92 Å². The number of piperidine rings is 1. The summed E-state index contributed by atoms with van der Waals surface area (Å²) in [5.41, 5.74) is 0. The highest BCUT2D eigenvalue weighted by Crippen LogP contribution is 2.11. The van der Waals surface area contributed by atoms with Crippen molar-refractivity contribution in [2.45, 2.75) is 39.2 Å². The Kier molecular flexibility index (Phi) is 7.29. The molecule has 3 nitrogen and oxygen atoms in total. The third-order valence-electron chi connectivity index (χ3n) is 3.20. The molecule has 0 aliphatic carbocycles. The van der Waals surface area contributed by atoms with E-state index in [2.05, 4.69) is 30.6 Å². The van der Waals surface area contributed by atoms with Gasteiger partial charge in [0.15, 0.2) is 0 Å². The first-order valence-electron chi connectivity index (χ1n) is 6.90. The molecule has 0 aromatic rings. The van der Waals surface area contributed by atoms with Gasteiger partial charge in [0.1, 0.15) is 0 Å². The topological polar surface area (TPSA) is 24.5 Å². The summed E-state index contributed by atoms with van der Waals surface area (Å²) in [6.07, 6.45) is 5.16. The lowest BCUT2D eigenvalue weighted by Crippen LogP contribution is -2.43. The lowest BCUT2D eigenvalue weighted by molar-refractivity contribution is 0.177. The summed E-state index contributed by atoms with van der Waals surface area (Å²) in [5.74, 6) is 0.788. The van der Waals surface area contributed by atoms with Gasteiger partial charge in [-0.15, -0.1) is 0 Å². The van der Waals surface area contributed by atoms with Gasteiger partial charge in [-0.25, -0.2) is 0 Å². The zero-order valence-corrected chi connectivity index (χ0v) is 11.5. The molecule has 0 unspecified atom stereocenters. The van der Waals surface area contributed by atoms with Crippen LogP contribution in [-0.2, 0) is 4.74 Å². The molecule has 1 saturated heterocycles. The monoisotopic (exact) mass is 240 g/mol. The average Bonchev–Trinajstić information content (AvgIpc) is 2.30. The van der Waals surface area contributed by atoms with Gasteiger partial charge in [-0.05, 0) is 44.8 Å². The van der Waals surface area contributed by atoms with E-state index in [9.17, 15) is 0 Å². The molecular weight excluding hydrogens is 212 g/mol. The average molecular weight is 240 g/mol. The fourth-order valence-electron chi connectivity index (χ4n) is 2.38. The van der Waals surface area contributed by atoms with E-state index >= 15 is 0 Å². The van der Waals surface area contributed by atoms with Crippen LogP contribution in [0.1, 0.15) is 33.1 Å². The van der Waals surface area contributed by atoms with Crippen molar-refractivity contribution >= 4 is 0 Å². The Balaban J connectivity index is 2.01. The minimum absolute atomic E-state index is 0.710. The van der Waals surface area contributed by atoms with Crippen LogP contribution in [0.2, 0.25) is 0 Å². The molecule has 0 atom stereocenters. The number of nitrogens with zero attached hydrogens (tertiary/aromatic N) is 1. The summed E-state index contributed by atoms with van der Waals surface area (Å²) < 4.78 is 5.10. The molecular formula is C14H28N2O. The number of nitrogens with one attached hydrogen (secondary N) is 1. The SMILES string of the molecule is C=COCCCNC1CCN(CC(C)C)CC1. The lowest BCUT2D eigenvalue weighted by Gasteiger charge is -2.33.